The Morgan fingerprint density at radius 3 is 2.27 bits per heavy atom. The molecule has 2 aromatic heterocycles. The summed E-state index contributed by atoms with van der Waals surface area (Å²) in [6.45, 7) is 4.75. The van der Waals surface area contributed by atoms with Gasteiger partial charge in [0.1, 0.15) is 28.0 Å². The third-order valence-electron chi connectivity index (χ3n) is 4.16. The predicted molar refractivity (Wildman–Crippen MR) is 106 cm³/mol. The molecule has 0 radical (unpaired) electrons. The van der Waals surface area contributed by atoms with Gasteiger partial charge in [-0.3, -0.25) is 10.1 Å². The third-order valence-corrected chi connectivity index (χ3v) is 4.16. The molecule has 0 saturated heterocycles. The van der Waals surface area contributed by atoms with Gasteiger partial charge in [0.2, 0.25) is 5.88 Å². The highest BCUT2D eigenvalue weighted by atomic mass is 16.5. The van der Waals surface area contributed by atoms with Gasteiger partial charge in [0.05, 0.1) is 13.2 Å². The van der Waals surface area contributed by atoms with Gasteiger partial charge in [0, 0.05) is 5.39 Å². The van der Waals surface area contributed by atoms with Crippen LogP contribution in [0.15, 0.2) is 44.0 Å². The van der Waals surface area contributed by atoms with E-state index in [0.717, 1.165) is 0 Å². The molecular weight excluding hydrogens is 394 g/mol. The maximum Gasteiger partial charge on any atom is 0.349 e. The van der Waals surface area contributed by atoms with E-state index in [1.165, 1.54) is 13.0 Å². The van der Waals surface area contributed by atoms with E-state index < -0.39 is 23.5 Å². The number of amides is 1. The number of nitrogens with one attached hydrogen (secondary N) is 1. The molecule has 9 nitrogen and oxygen atoms in total. The Bertz CT molecular complexity index is 1190. The van der Waals surface area contributed by atoms with Crippen molar-refractivity contribution in [2.45, 2.75) is 20.8 Å². The van der Waals surface area contributed by atoms with E-state index in [0.29, 0.717) is 11.0 Å². The molecule has 2 heterocycles. The first kappa shape index (κ1) is 20.8. The summed E-state index contributed by atoms with van der Waals surface area (Å²) in [6.07, 6.45) is 0. The summed E-state index contributed by atoms with van der Waals surface area (Å²) in [5.74, 6) is -2.82. The van der Waals surface area contributed by atoms with Gasteiger partial charge in [-0.25, -0.2) is 14.4 Å². The second-order valence-electron chi connectivity index (χ2n) is 6.12. The number of ether oxygens (including phenoxy) is 2. The van der Waals surface area contributed by atoms with E-state index in [2.05, 4.69) is 5.32 Å². The summed E-state index contributed by atoms with van der Waals surface area (Å²) < 4.78 is 20.5. The molecule has 0 saturated carbocycles. The Morgan fingerprint density at radius 1 is 0.967 bits per heavy atom. The third kappa shape index (κ3) is 3.95. The fraction of sp³-hybridized carbons (Fsp3) is 0.238. The Kier molecular flexibility index (Phi) is 6.01. The van der Waals surface area contributed by atoms with Gasteiger partial charge in [-0.2, -0.15) is 0 Å². The quantitative estimate of drug-likeness (QED) is 0.482. The zero-order valence-electron chi connectivity index (χ0n) is 16.6. The lowest BCUT2D eigenvalue weighted by molar-refractivity contribution is 0.0480. The lowest BCUT2D eigenvalue weighted by atomic mass is 10.1. The number of benzene rings is 1. The lowest BCUT2D eigenvalue weighted by Gasteiger charge is -2.07. The molecule has 9 heteroatoms. The van der Waals surface area contributed by atoms with Crippen LogP contribution < -0.4 is 10.9 Å². The number of esters is 2. The number of fused-ring (bicyclic) bond motifs is 1. The molecule has 156 valence electrons. The van der Waals surface area contributed by atoms with Crippen molar-refractivity contribution in [3.05, 3.63) is 63.2 Å². The van der Waals surface area contributed by atoms with Crippen molar-refractivity contribution in [3.63, 3.8) is 0 Å². The molecule has 3 rings (SSSR count). The number of aryl methyl sites for hydroxylation is 1. The van der Waals surface area contributed by atoms with Gasteiger partial charge in [0.15, 0.2) is 0 Å². The minimum Gasteiger partial charge on any atom is -0.462 e. The zero-order chi connectivity index (χ0) is 21.8. The Labute approximate surface area is 170 Å². The van der Waals surface area contributed by atoms with Crippen molar-refractivity contribution in [1.29, 1.82) is 0 Å². The summed E-state index contributed by atoms with van der Waals surface area (Å²) in [7, 11) is 0. The summed E-state index contributed by atoms with van der Waals surface area (Å²) in [5, 5.41) is 2.89. The SMILES string of the molecule is CCOC(=O)c1c(C)oc(NC(=O)c2cc3ccccc3oc2=O)c1C(=O)OCC. The molecule has 0 fully saturated rings. The minimum absolute atomic E-state index is 0.0347. The molecule has 0 aliphatic heterocycles. The summed E-state index contributed by atoms with van der Waals surface area (Å²) in [5.41, 5.74) is -1.28. The van der Waals surface area contributed by atoms with Crippen LogP contribution in [0.1, 0.15) is 50.7 Å². The molecule has 0 atom stereocenters. The number of carbonyl (C=O) groups excluding carboxylic acids is 3. The normalized spacial score (nSPS) is 10.6. The first-order valence-corrected chi connectivity index (χ1v) is 9.19. The van der Waals surface area contributed by atoms with Crippen LogP contribution in [0.25, 0.3) is 11.0 Å². The molecule has 30 heavy (non-hydrogen) atoms. The van der Waals surface area contributed by atoms with Gasteiger partial charge < -0.3 is 18.3 Å². The number of furan rings is 1. The number of para-hydroxylation sites is 1. The molecule has 0 aliphatic rings. The summed E-state index contributed by atoms with van der Waals surface area (Å²) >= 11 is 0. The monoisotopic (exact) mass is 413 g/mol. The standard InChI is InChI=1S/C21H19NO8/c1-4-27-20(25)15-11(3)29-18(16(15)21(26)28-5-2)22-17(23)13-10-12-8-6-7-9-14(12)30-19(13)24/h6-10H,4-5H2,1-3H3,(H,22,23). The summed E-state index contributed by atoms with van der Waals surface area (Å²) in [6, 6.07) is 8.06. The van der Waals surface area contributed by atoms with Gasteiger partial charge in [0.25, 0.3) is 5.91 Å². The molecule has 3 aromatic rings. The van der Waals surface area contributed by atoms with Gasteiger partial charge in [-0.05, 0) is 32.9 Å². The molecule has 1 N–H and O–H groups in total. The van der Waals surface area contributed by atoms with E-state index in [4.69, 9.17) is 18.3 Å². The van der Waals surface area contributed by atoms with Crippen molar-refractivity contribution in [2.24, 2.45) is 0 Å². The average Bonchev–Trinajstić information content (AvgIpc) is 3.03. The molecule has 1 aromatic carbocycles. The number of hydrogen-bond acceptors (Lipinski definition) is 8. The highest BCUT2D eigenvalue weighted by Crippen LogP contribution is 2.29. The van der Waals surface area contributed by atoms with Crippen molar-refractivity contribution < 1.29 is 32.7 Å². The maximum absolute atomic E-state index is 12.7. The highest BCUT2D eigenvalue weighted by molar-refractivity contribution is 6.12. The lowest BCUT2D eigenvalue weighted by Crippen LogP contribution is -2.22. The molecule has 0 bridgehead atoms. The average molecular weight is 413 g/mol. The van der Waals surface area contributed by atoms with Crippen molar-refractivity contribution in [1.82, 2.24) is 0 Å². The van der Waals surface area contributed by atoms with E-state index in [-0.39, 0.29) is 41.5 Å². The van der Waals surface area contributed by atoms with E-state index in [9.17, 15) is 19.2 Å². The number of rotatable bonds is 6. The van der Waals surface area contributed by atoms with Crippen LogP contribution in [-0.2, 0) is 9.47 Å². The number of hydrogen-bond donors (Lipinski definition) is 1. The van der Waals surface area contributed by atoms with Crippen molar-refractivity contribution in [3.8, 4) is 0 Å². The molecule has 1 amide bonds. The van der Waals surface area contributed by atoms with Gasteiger partial charge >= 0.3 is 17.6 Å². The zero-order valence-corrected chi connectivity index (χ0v) is 16.6. The minimum atomic E-state index is -0.877. The largest absolute Gasteiger partial charge is 0.462 e. The first-order chi connectivity index (χ1) is 14.4. The van der Waals surface area contributed by atoms with E-state index in [1.807, 2.05) is 0 Å². The molecular formula is C21H19NO8. The maximum atomic E-state index is 12.7. The summed E-state index contributed by atoms with van der Waals surface area (Å²) in [4.78, 5) is 49.7. The predicted octanol–water partition coefficient (Wildman–Crippen LogP) is 3.30. The van der Waals surface area contributed by atoms with Crippen LogP contribution >= 0.6 is 0 Å². The second kappa shape index (κ2) is 8.64. The van der Waals surface area contributed by atoms with E-state index >= 15 is 0 Å². The topological polar surface area (TPSA) is 125 Å². The van der Waals surface area contributed by atoms with Crippen LogP contribution in [0.5, 0.6) is 0 Å². The second-order valence-corrected chi connectivity index (χ2v) is 6.12. The first-order valence-electron chi connectivity index (χ1n) is 9.19. The van der Waals surface area contributed by atoms with Gasteiger partial charge in [-0.15, -0.1) is 0 Å². The van der Waals surface area contributed by atoms with Crippen molar-refractivity contribution in [2.75, 3.05) is 18.5 Å². The number of anilines is 1. The molecule has 0 unspecified atom stereocenters. The fourth-order valence-electron chi connectivity index (χ4n) is 2.87. The van der Waals surface area contributed by atoms with Crippen LogP contribution in [0.4, 0.5) is 5.88 Å². The molecule has 0 spiro atoms. The van der Waals surface area contributed by atoms with Gasteiger partial charge in [-0.1, -0.05) is 18.2 Å². The van der Waals surface area contributed by atoms with Crippen LogP contribution in [0, 0.1) is 6.92 Å². The van der Waals surface area contributed by atoms with E-state index in [1.54, 1.807) is 38.1 Å². The Morgan fingerprint density at radius 2 is 1.60 bits per heavy atom. The van der Waals surface area contributed by atoms with Crippen LogP contribution in [-0.4, -0.2) is 31.1 Å². The van der Waals surface area contributed by atoms with Crippen LogP contribution in [0.3, 0.4) is 0 Å². The fourth-order valence-corrected chi connectivity index (χ4v) is 2.87. The molecule has 0 aliphatic carbocycles. The Hall–Kier alpha value is -3.88. The smallest absolute Gasteiger partial charge is 0.349 e. The number of carbonyl (C=O) groups is 3. The van der Waals surface area contributed by atoms with Crippen LogP contribution in [0.2, 0.25) is 0 Å². The van der Waals surface area contributed by atoms with Crippen molar-refractivity contribution >= 4 is 34.7 Å². The highest BCUT2D eigenvalue weighted by Gasteiger charge is 2.32. The Balaban J connectivity index is 2.04.